The largest absolute Gasteiger partial charge is 0.375 e. The zero-order valence-electron chi connectivity index (χ0n) is 8.82. The number of nitrogens with zero attached hydrogens (tertiary/aromatic N) is 1. The Labute approximate surface area is 84.6 Å². The lowest BCUT2D eigenvalue weighted by Crippen LogP contribution is -2.44. The van der Waals surface area contributed by atoms with Crippen molar-refractivity contribution < 1.29 is 9.53 Å². The predicted molar refractivity (Wildman–Crippen MR) is 53.1 cm³/mol. The van der Waals surface area contributed by atoms with Crippen LogP contribution in [0.5, 0.6) is 0 Å². The van der Waals surface area contributed by atoms with Crippen molar-refractivity contribution >= 4 is 6.03 Å². The van der Waals surface area contributed by atoms with E-state index in [2.05, 4.69) is 19.2 Å². The molecule has 0 bridgehead atoms. The fraction of sp³-hybridized carbons (Fsp3) is 0.900. The number of urea groups is 1. The van der Waals surface area contributed by atoms with Crippen LogP contribution in [0.4, 0.5) is 4.79 Å². The van der Waals surface area contributed by atoms with Crippen molar-refractivity contribution in [3.63, 3.8) is 0 Å². The maximum absolute atomic E-state index is 11.3. The Bertz CT molecular complexity index is 230. The summed E-state index contributed by atoms with van der Waals surface area (Å²) in [6.45, 7) is 5.75. The van der Waals surface area contributed by atoms with Crippen LogP contribution in [0.3, 0.4) is 0 Å². The lowest BCUT2D eigenvalue weighted by Gasteiger charge is -2.34. The molecule has 2 heterocycles. The minimum absolute atomic E-state index is 0.0954. The Hall–Kier alpha value is -0.770. The van der Waals surface area contributed by atoms with E-state index in [1.54, 1.807) is 0 Å². The highest BCUT2D eigenvalue weighted by molar-refractivity contribution is 5.77. The minimum Gasteiger partial charge on any atom is -0.375 e. The lowest BCUT2D eigenvalue weighted by molar-refractivity contribution is -0.0298. The summed E-state index contributed by atoms with van der Waals surface area (Å²) >= 11 is 0. The van der Waals surface area contributed by atoms with Gasteiger partial charge in [0.05, 0.1) is 18.2 Å². The van der Waals surface area contributed by atoms with Gasteiger partial charge in [-0.2, -0.15) is 0 Å². The first-order chi connectivity index (χ1) is 6.66. The predicted octanol–water partition coefficient (Wildman–Crippen LogP) is 0.968. The molecule has 4 nitrogen and oxygen atoms in total. The summed E-state index contributed by atoms with van der Waals surface area (Å²) in [6.07, 6.45) is 2.58. The second kappa shape index (κ2) is 3.77. The highest BCUT2D eigenvalue weighted by Crippen LogP contribution is 2.23. The van der Waals surface area contributed by atoms with E-state index in [-0.39, 0.29) is 12.1 Å². The van der Waals surface area contributed by atoms with E-state index in [4.69, 9.17) is 4.74 Å². The topological polar surface area (TPSA) is 41.6 Å². The van der Waals surface area contributed by atoms with Gasteiger partial charge in [0.2, 0.25) is 0 Å². The van der Waals surface area contributed by atoms with Gasteiger partial charge in [-0.3, -0.25) is 0 Å². The molecule has 0 radical (unpaired) electrons. The zero-order chi connectivity index (χ0) is 10.1. The van der Waals surface area contributed by atoms with Crippen molar-refractivity contribution in [2.75, 3.05) is 13.1 Å². The van der Waals surface area contributed by atoms with Gasteiger partial charge >= 0.3 is 6.03 Å². The highest BCUT2D eigenvalue weighted by Gasteiger charge is 2.36. The monoisotopic (exact) mass is 198 g/mol. The third-order valence-electron chi connectivity index (χ3n) is 2.88. The van der Waals surface area contributed by atoms with Crippen LogP contribution in [0, 0.1) is 0 Å². The molecular formula is C10H18N2O2. The van der Waals surface area contributed by atoms with Crippen LogP contribution in [-0.4, -0.2) is 42.3 Å². The Balaban J connectivity index is 1.89. The quantitative estimate of drug-likeness (QED) is 0.718. The second-order valence-corrected chi connectivity index (χ2v) is 4.36. The highest BCUT2D eigenvalue weighted by atomic mass is 16.5. The van der Waals surface area contributed by atoms with Crippen LogP contribution in [0.2, 0.25) is 0 Å². The summed E-state index contributed by atoms with van der Waals surface area (Å²) in [6, 6.07) is 0.456. The van der Waals surface area contributed by atoms with Gasteiger partial charge in [-0.25, -0.2) is 4.79 Å². The lowest BCUT2D eigenvalue weighted by atomic mass is 10.0. The zero-order valence-corrected chi connectivity index (χ0v) is 8.82. The molecule has 0 aliphatic carbocycles. The third-order valence-corrected chi connectivity index (χ3v) is 2.88. The molecule has 2 atom stereocenters. The molecule has 0 unspecified atom stereocenters. The number of rotatable bonds is 2. The average molecular weight is 198 g/mol. The fourth-order valence-corrected chi connectivity index (χ4v) is 2.29. The maximum atomic E-state index is 11.3. The van der Waals surface area contributed by atoms with Gasteiger partial charge < -0.3 is 15.0 Å². The standard InChI is InChI=1S/C10H18N2O2/c1-7(2)14-9-3-4-12-8(5-9)6-11-10(12)13/h7-9H,3-6H2,1-2H3,(H,11,13)/t8-,9-/m1/s1. The van der Waals surface area contributed by atoms with Gasteiger partial charge in [-0.15, -0.1) is 0 Å². The van der Waals surface area contributed by atoms with Crippen molar-refractivity contribution in [1.82, 2.24) is 10.2 Å². The molecule has 1 N–H and O–H groups in total. The molecule has 0 spiro atoms. The smallest absolute Gasteiger partial charge is 0.317 e. The Morgan fingerprint density at radius 2 is 2.36 bits per heavy atom. The van der Waals surface area contributed by atoms with E-state index in [1.807, 2.05) is 4.90 Å². The van der Waals surface area contributed by atoms with E-state index in [9.17, 15) is 4.79 Å². The van der Waals surface area contributed by atoms with Gasteiger partial charge in [0.25, 0.3) is 0 Å². The number of ether oxygens (including phenoxy) is 1. The molecule has 2 aliphatic heterocycles. The van der Waals surface area contributed by atoms with Crippen LogP contribution in [0.25, 0.3) is 0 Å². The first-order valence-electron chi connectivity index (χ1n) is 5.36. The SMILES string of the molecule is CC(C)O[C@@H]1CCN2C(=O)NC[C@H]2C1. The Morgan fingerprint density at radius 1 is 1.57 bits per heavy atom. The first kappa shape index (κ1) is 9.77. The van der Waals surface area contributed by atoms with Gasteiger partial charge in [0.15, 0.2) is 0 Å². The molecule has 2 rings (SSSR count). The summed E-state index contributed by atoms with van der Waals surface area (Å²) in [5.41, 5.74) is 0. The maximum Gasteiger partial charge on any atom is 0.317 e. The van der Waals surface area contributed by atoms with E-state index in [0.29, 0.717) is 12.1 Å². The summed E-state index contributed by atoms with van der Waals surface area (Å²) < 4.78 is 5.77. The average Bonchev–Trinajstić information content (AvgIpc) is 2.46. The molecule has 0 aromatic heterocycles. The Kier molecular flexibility index (Phi) is 2.63. The van der Waals surface area contributed by atoms with Gasteiger partial charge in [-0.1, -0.05) is 0 Å². The summed E-state index contributed by atoms with van der Waals surface area (Å²) in [5, 5.41) is 2.87. The number of hydrogen-bond acceptors (Lipinski definition) is 2. The molecule has 2 saturated heterocycles. The number of carbonyl (C=O) groups excluding carboxylic acids is 1. The molecule has 0 aromatic carbocycles. The number of hydrogen-bond donors (Lipinski definition) is 1. The normalized spacial score (nSPS) is 31.9. The van der Waals surface area contributed by atoms with Crippen molar-refractivity contribution in [3.8, 4) is 0 Å². The molecular weight excluding hydrogens is 180 g/mol. The van der Waals surface area contributed by atoms with E-state index in [0.717, 1.165) is 25.9 Å². The summed E-state index contributed by atoms with van der Waals surface area (Å²) in [5.74, 6) is 0. The van der Waals surface area contributed by atoms with Gasteiger partial charge in [0.1, 0.15) is 0 Å². The van der Waals surface area contributed by atoms with Crippen molar-refractivity contribution in [1.29, 1.82) is 0 Å². The number of nitrogens with one attached hydrogen (secondary N) is 1. The molecule has 0 saturated carbocycles. The van der Waals surface area contributed by atoms with Crippen LogP contribution >= 0.6 is 0 Å². The van der Waals surface area contributed by atoms with Crippen LogP contribution in [-0.2, 0) is 4.74 Å². The molecule has 0 aromatic rings. The molecule has 2 aliphatic rings. The molecule has 80 valence electrons. The number of piperidine rings is 1. The van der Waals surface area contributed by atoms with E-state index >= 15 is 0 Å². The number of fused-ring (bicyclic) bond motifs is 1. The molecule has 2 fully saturated rings. The van der Waals surface area contributed by atoms with Crippen LogP contribution in [0.1, 0.15) is 26.7 Å². The van der Waals surface area contributed by atoms with Gasteiger partial charge in [-0.05, 0) is 26.7 Å². The van der Waals surface area contributed by atoms with E-state index in [1.165, 1.54) is 0 Å². The number of amides is 2. The molecule has 4 heteroatoms. The number of carbonyl (C=O) groups is 1. The Morgan fingerprint density at radius 3 is 3.07 bits per heavy atom. The summed E-state index contributed by atoms with van der Waals surface area (Å²) in [7, 11) is 0. The van der Waals surface area contributed by atoms with Crippen molar-refractivity contribution in [2.24, 2.45) is 0 Å². The molecule has 2 amide bonds. The third kappa shape index (κ3) is 1.85. The summed E-state index contributed by atoms with van der Waals surface area (Å²) in [4.78, 5) is 13.2. The molecule has 14 heavy (non-hydrogen) atoms. The minimum atomic E-state index is 0.0954. The van der Waals surface area contributed by atoms with Crippen LogP contribution in [0.15, 0.2) is 0 Å². The fourth-order valence-electron chi connectivity index (χ4n) is 2.29. The second-order valence-electron chi connectivity index (χ2n) is 4.36. The van der Waals surface area contributed by atoms with Crippen molar-refractivity contribution in [3.05, 3.63) is 0 Å². The first-order valence-corrected chi connectivity index (χ1v) is 5.36. The van der Waals surface area contributed by atoms with Crippen LogP contribution < -0.4 is 5.32 Å². The van der Waals surface area contributed by atoms with Crippen molar-refractivity contribution in [2.45, 2.75) is 44.9 Å². The van der Waals surface area contributed by atoms with E-state index < -0.39 is 0 Å². The van der Waals surface area contributed by atoms with Gasteiger partial charge in [0, 0.05) is 13.1 Å².